The molecule has 0 aliphatic carbocycles. The van der Waals surface area contributed by atoms with Crippen LogP contribution in [0.5, 0.6) is 0 Å². The summed E-state index contributed by atoms with van der Waals surface area (Å²) in [5.41, 5.74) is -2.91. The molecule has 1 aliphatic rings. The minimum Gasteiger partial charge on any atom is -0.464 e. The maximum absolute atomic E-state index is 12.6. The van der Waals surface area contributed by atoms with Gasteiger partial charge in [0.25, 0.3) is 17.1 Å². The first-order chi connectivity index (χ1) is 11.9. The van der Waals surface area contributed by atoms with E-state index in [9.17, 15) is 24.5 Å². The third-order valence-corrected chi connectivity index (χ3v) is 3.78. The number of aromatic nitrogens is 1. The molecule has 1 saturated heterocycles. The molecule has 1 aromatic carbocycles. The van der Waals surface area contributed by atoms with Crippen LogP contribution in [0.3, 0.4) is 0 Å². The number of nitro groups is 1. The van der Waals surface area contributed by atoms with Gasteiger partial charge in [-0.15, -0.1) is 0 Å². The second-order valence-electron chi connectivity index (χ2n) is 5.17. The van der Waals surface area contributed by atoms with Gasteiger partial charge in [0.1, 0.15) is 6.20 Å². The van der Waals surface area contributed by atoms with Gasteiger partial charge in [-0.05, 0) is 13.0 Å². The fraction of sp³-hybridized carbons (Fsp3) is 0.200. The SMILES string of the molecule is CCOC(=O)C1(c2c([N+](=O)[O-])cnc3ccccc23)NC(=O)NC1=O. The van der Waals surface area contributed by atoms with Gasteiger partial charge in [-0.3, -0.25) is 20.2 Å². The summed E-state index contributed by atoms with van der Waals surface area (Å²) < 4.78 is 4.93. The highest BCUT2D eigenvalue weighted by Crippen LogP contribution is 2.38. The van der Waals surface area contributed by atoms with E-state index in [0.29, 0.717) is 5.52 Å². The number of carbonyl (C=O) groups is 3. The molecule has 1 aliphatic heterocycles. The maximum Gasteiger partial charge on any atom is 0.346 e. The van der Waals surface area contributed by atoms with Crippen molar-refractivity contribution in [2.24, 2.45) is 0 Å². The van der Waals surface area contributed by atoms with E-state index in [1.165, 1.54) is 13.0 Å². The Kier molecular flexibility index (Phi) is 3.79. The predicted octanol–water partition coefficient (Wildman–Crippen LogP) is 0.741. The molecule has 10 nitrogen and oxygen atoms in total. The number of urea groups is 1. The number of carbonyl (C=O) groups excluding carboxylic acids is 3. The van der Waals surface area contributed by atoms with Crippen LogP contribution in [0.25, 0.3) is 10.9 Å². The lowest BCUT2D eigenvalue weighted by Gasteiger charge is -2.24. The molecular formula is C15H12N4O6. The molecule has 0 bridgehead atoms. The molecule has 1 fully saturated rings. The van der Waals surface area contributed by atoms with Crippen LogP contribution in [0.2, 0.25) is 0 Å². The van der Waals surface area contributed by atoms with Crippen molar-refractivity contribution in [1.29, 1.82) is 0 Å². The summed E-state index contributed by atoms with van der Waals surface area (Å²) in [6, 6.07) is 5.31. The molecule has 1 atom stereocenters. The fourth-order valence-electron chi connectivity index (χ4n) is 2.78. The minimum atomic E-state index is -2.36. The van der Waals surface area contributed by atoms with Crippen LogP contribution < -0.4 is 10.6 Å². The van der Waals surface area contributed by atoms with Crippen molar-refractivity contribution in [2.45, 2.75) is 12.5 Å². The van der Waals surface area contributed by atoms with E-state index in [1.807, 2.05) is 5.32 Å². The van der Waals surface area contributed by atoms with Gasteiger partial charge in [0.05, 0.1) is 22.6 Å². The average Bonchev–Trinajstić information content (AvgIpc) is 2.88. The van der Waals surface area contributed by atoms with E-state index in [2.05, 4.69) is 10.3 Å². The van der Waals surface area contributed by atoms with Crippen molar-refractivity contribution in [3.63, 3.8) is 0 Å². The third-order valence-electron chi connectivity index (χ3n) is 3.78. The lowest BCUT2D eigenvalue weighted by atomic mass is 9.86. The van der Waals surface area contributed by atoms with Crippen molar-refractivity contribution < 1.29 is 24.0 Å². The number of pyridine rings is 1. The van der Waals surface area contributed by atoms with E-state index in [1.54, 1.807) is 18.2 Å². The monoisotopic (exact) mass is 344 g/mol. The predicted molar refractivity (Wildman–Crippen MR) is 83.4 cm³/mol. The normalized spacial score (nSPS) is 19.4. The Balaban J connectivity index is 2.42. The average molecular weight is 344 g/mol. The largest absolute Gasteiger partial charge is 0.464 e. The van der Waals surface area contributed by atoms with Gasteiger partial charge < -0.3 is 10.1 Å². The summed E-state index contributed by atoms with van der Waals surface area (Å²) in [6.45, 7) is 1.43. The van der Waals surface area contributed by atoms with E-state index in [4.69, 9.17) is 4.74 Å². The Morgan fingerprint density at radius 3 is 2.68 bits per heavy atom. The van der Waals surface area contributed by atoms with Gasteiger partial charge in [0.15, 0.2) is 0 Å². The Morgan fingerprint density at radius 1 is 1.36 bits per heavy atom. The highest BCUT2D eigenvalue weighted by atomic mass is 16.6. The van der Waals surface area contributed by atoms with E-state index < -0.39 is 34.1 Å². The number of amides is 3. The number of ether oxygens (including phenoxy) is 1. The van der Waals surface area contributed by atoms with Gasteiger partial charge in [-0.25, -0.2) is 14.6 Å². The van der Waals surface area contributed by atoms with Gasteiger partial charge in [-0.1, -0.05) is 18.2 Å². The van der Waals surface area contributed by atoms with Crippen molar-refractivity contribution in [3.05, 3.63) is 46.1 Å². The third kappa shape index (κ3) is 2.35. The van der Waals surface area contributed by atoms with E-state index >= 15 is 0 Å². The molecule has 25 heavy (non-hydrogen) atoms. The molecule has 0 spiro atoms. The van der Waals surface area contributed by atoms with Gasteiger partial charge >= 0.3 is 12.0 Å². The molecule has 1 aromatic heterocycles. The van der Waals surface area contributed by atoms with Gasteiger partial charge in [0.2, 0.25) is 0 Å². The number of fused-ring (bicyclic) bond motifs is 1. The molecule has 2 N–H and O–H groups in total. The summed E-state index contributed by atoms with van der Waals surface area (Å²) >= 11 is 0. The van der Waals surface area contributed by atoms with Crippen molar-refractivity contribution in [3.8, 4) is 0 Å². The van der Waals surface area contributed by atoms with Gasteiger partial charge in [0, 0.05) is 5.39 Å². The molecule has 128 valence electrons. The number of nitrogens with one attached hydrogen (secondary N) is 2. The summed E-state index contributed by atoms with van der Waals surface area (Å²) in [6.07, 6.45) is 0.941. The summed E-state index contributed by atoms with van der Waals surface area (Å²) in [5, 5.41) is 15.8. The molecular weight excluding hydrogens is 332 g/mol. The number of imide groups is 1. The van der Waals surface area contributed by atoms with Crippen molar-refractivity contribution in [1.82, 2.24) is 15.6 Å². The number of hydrogen-bond donors (Lipinski definition) is 2. The number of para-hydroxylation sites is 1. The number of esters is 1. The second kappa shape index (κ2) is 5.82. The molecule has 0 saturated carbocycles. The Hall–Kier alpha value is -3.56. The molecule has 3 rings (SSSR count). The zero-order valence-corrected chi connectivity index (χ0v) is 12.9. The minimum absolute atomic E-state index is 0.0828. The van der Waals surface area contributed by atoms with Crippen molar-refractivity contribution in [2.75, 3.05) is 6.61 Å². The van der Waals surface area contributed by atoms with Crippen LogP contribution in [0.15, 0.2) is 30.5 Å². The van der Waals surface area contributed by atoms with Crippen LogP contribution >= 0.6 is 0 Å². The molecule has 1 unspecified atom stereocenters. The fourth-order valence-corrected chi connectivity index (χ4v) is 2.78. The van der Waals surface area contributed by atoms with Crippen LogP contribution in [-0.2, 0) is 19.9 Å². The van der Waals surface area contributed by atoms with Crippen LogP contribution in [0, 0.1) is 10.1 Å². The highest BCUT2D eigenvalue weighted by molar-refractivity contribution is 6.21. The first-order valence-corrected chi connectivity index (χ1v) is 7.25. The Morgan fingerprint density at radius 2 is 2.08 bits per heavy atom. The standard InChI is InChI=1S/C15H12N4O6/c1-2-25-13(21)15(12(20)17-14(22)18-15)11-8-5-3-4-6-9(8)16-7-10(11)19(23)24/h3-7H,2H2,1H3,(H2,17,18,20,22). The molecule has 10 heteroatoms. The number of rotatable bonds is 4. The molecule has 2 heterocycles. The summed E-state index contributed by atoms with van der Waals surface area (Å²) in [7, 11) is 0. The molecule has 0 radical (unpaired) electrons. The molecule has 2 aromatic rings. The van der Waals surface area contributed by atoms with Crippen LogP contribution in [-0.4, -0.2) is 34.4 Å². The first kappa shape index (κ1) is 16.3. The Bertz CT molecular complexity index is 927. The number of nitrogens with zero attached hydrogens (tertiary/aromatic N) is 2. The summed E-state index contributed by atoms with van der Waals surface area (Å²) in [5.74, 6) is -2.16. The lowest BCUT2D eigenvalue weighted by molar-refractivity contribution is -0.386. The number of hydrogen-bond acceptors (Lipinski definition) is 7. The molecule has 3 amide bonds. The van der Waals surface area contributed by atoms with E-state index in [0.717, 1.165) is 6.20 Å². The smallest absolute Gasteiger partial charge is 0.346 e. The first-order valence-electron chi connectivity index (χ1n) is 7.25. The number of benzene rings is 1. The quantitative estimate of drug-likeness (QED) is 0.274. The van der Waals surface area contributed by atoms with Crippen LogP contribution in [0.4, 0.5) is 10.5 Å². The van der Waals surface area contributed by atoms with Gasteiger partial charge in [-0.2, -0.15) is 0 Å². The summed E-state index contributed by atoms with van der Waals surface area (Å²) in [4.78, 5) is 51.5. The zero-order chi connectivity index (χ0) is 18.2. The van der Waals surface area contributed by atoms with Crippen LogP contribution in [0.1, 0.15) is 12.5 Å². The van der Waals surface area contributed by atoms with E-state index in [-0.39, 0.29) is 17.6 Å². The zero-order valence-electron chi connectivity index (χ0n) is 12.9. The highest BCUT2D eigenvalue weighted by Gasteiger charge is 2.59. The topological polar surface area (TPSA) is 141 Å². The Labute approximate surface area is 140 Å². The van der Waals surface area contributed by atoms with Crippen molar-refractivity contribution >= 4 is 34.5 Å². The second-order valence-corrected chi connectivity index (χ2v) is 5.17. The maximum atomic E-state index is 12.6. The lowest BCUT2D eigenvalue weighted by Crippen LogP contribution is -2.52.